The molecule has 2 heterocycles. The molecule has 0 aromatic carbocycles. The third kappa shape index (κ3) is 1.60. The van der Waals surface area contributed by atoms with Crippen LogP contribution in [-0.4, -0.2) is 18.0 Å². The minimum atomic E-state index is 0.690. The van der Waals surface area contributed by atoms with Gasteiger partial charge in [0, 0.05) is 35.9 Å². The van der Waals surface area contributed by atoms with Gasteiger partial charge in [-0.2, -0.15) is 0 Å². The van der Waals surface area contributed by atoms with E-state index in [2.05, 4.69) is 17.0 Å². The van der Waals surface area contributed by atoms with Crippen LogP contribution >= 0.6 is 11.3 Å². The number of thiophene rings is 1. The highest BCUT2D eigenvalue weighted by atomic mass is 32.1. The van der Waals surface area contributed by atoms with Crippen LogP contribution in [0.25, 0.3) is 0 Å². The standard InChI is InChI=1S/C11H16N2S/c12-4-10-1-2-11(14-10)7-13-5-8-3-9(8)6-13/h1-2,8-9H,3-7,12H2. The van der Waals surface area contributed by atoms with Crippen molar-refractivity contribution in [2.75, 3.05) is 13.1 Å². The Hall–Kier alpha value is -0.380. The summed E-state index contributed by atoms with van der Waals surface area (Å²) < 4.78 is 0. The summed E-state index contributed by atoms with van der Waals surface area (Å²) in [6, 6.07) is 4.40. The predicted octanol–water partition coefficient (Wildman–Crippen LogP) is 1.66. The van der Waals surface area contributed by atoms with Crippen molar-refractivity contribution in [3.8, 4) is 0 Å². The first kappa shape index (κ1) is 8.89. The van der Waals surface area contributed by atoms with Crippen molar-refractivity contribution in [3.05, 3.63) is 21.9 Å². The van der Waals surface area contributed by atoms with Crippen molar-refractivity contribution >= 4 is 11.3 Å². The summed E-state index contributed by atoms with van der Waals surface area (Å²) in [4.78, 5) is 5.38. The molecular weight excluding hydrogens is 192 g/mol. The van der Waals surface area contributed by atoms with Gasteiger partial charge in [-0.3, -0.25) is 4.90 Å². The molecule has 2 nitrogen and oxygen atoms in total. The second-order valence-corrected chi connectivity index (χ2v) is 5.77. The third-order valence-electron chi connectivity index (χ3n) is 3.35. The lowest BCUT2D eigenvalue weighted by molar-refractivity contribution is 0.300. The molecule has 0 spiro atoms. The Morgan fingerprint density at radius 3 is 2.64 bits per heavy atom. The summed E-state index contributed by atoms with van der Waals surface area (Å²) in [5.74, 6) is 2.09. The van der Waals surface area contributed by atoms with E-state index in [0.717, 1.165) is 18.4 Å². The summed E-state index contributed by atoms with van der Waals surface area (Å²) in [7, 11) is 0. The molecule has 2 atom stereocenters. The molecule has 2 aliphatic rings. The van der Waals surface area contributed by atoms with Gasteiger partial charge in [0.2, 0.25) is 0 Å². The van der Waals surface area contributed by atoms with Gasteiger partial charge in [0.1, 0.15) is 0 Å². The van der Waals surface area contributed by atoms with Crippen LogP contribution in [0, 0.1) is 11.8 Å². The Morgan fingerprint density at radius 1 is 1.29 bits per heavy atom. The van der Waals surface area contributed by atoms with Gasteiger partial charge < -0.3 is 5.73 Å². The molecule has 0 radical (unpaired) electrons. The Labute approximate surface area is 88.7 Å². The average molecular weight is 208 g/mol. The minimum Gasteiger partial charge on any atom is -0.326 e. The maximum atomic E-state index is 5.60. The summed E-state index contributed by atoms with van der Waals surface area (Å²) in [6.45, 7) is 4.51. The summed E-state index contributed by atoms with van der Waals surface area (Å²) in [5.41, 5.74) is 5.60. The molecule has 1 aliphatic carbocycles. The molecule has 1 saturated heterocycles. The smallest absolute Gasteiger partial charge is 0.0328 e. The van der Waals surface area contributed by atoms with Crippen LogP contribution in [0.4, 0.5) is 0 Å². The molecule has 1 aliphatic heterocycles. The summed E-state index contributed by atoms with van der Waals surface area (Å²) >= 11 is 1.87. The van der Waals surface area contributed by atoms with Crippen molar-refractivity contribution in [1.82, 2.24) is 4.90 Å². The first-order chi connectivity index (χ1) is 6.85. The van der Waals surface area contributed by atoms with Crippen LogP contribution in [-0.2, 0) is 13.1 Å². The maximum absolute atomic E-state index is 5.60. The number of piperidine rings is 1. The van der Waals surface area contributed by atoms with Gasteiger partial charge in [-0.25, -0.2) is 0 Å². The molecule has 76 valence electrons. The zero-order valence-corrected chi connectivity index (χ0v) is 9.09. The number of nitrogens with zero attached hydrogens (tertiary/aromatic N) is 1. The van der Waals surface area contributed by atoms with E-state index in [9.17, 15) is 0 Å². The number of hydrogen-bond acceptors (Lipinski definition) is 3. The molecule has 14 heavy (non-hydrogen) atoms. The summed E-state index contributed by atoms with van der Waals surface area (Å²) in [6.07, 6.45) is 1.50. The van der Waals surface area contributed by atoms with Crippen LogP contribution in [0.15, 0.2) is 12.1 Å². The van der Waals surface area contributed by atoms with Gasteiger partial charge in [-0.1, -0.05) is 0 Å². The molecule has 0 bridgehead atoms. The Kier molecular flexibility index (Phi) is 2.11. The normalized spacial score (nSPS) is 30.6. The van der Waals surface area contributed by atoms with Crippen molar-refractivity contribution in [2.24, 2.45) is 17.6 Å². The highest BCUT2D eigenvalue weighted by Crippen LogP contribution is 2.45. The molecule has 0 amide bonds. The Bertz CT molecular complexity index is 324. The first-order valence-corrected chi connectivity index (χ1v) is 6.17. The maximum Gasteiger partial charge on any atom is 0.0328 e. The number of hydrogen-bond donors (Lipinski definition) is 1. The lowest BCUT2D eigenvalue weighted by atomic mass is 10.4. The van der Waals surface area contributed by atoms with E-state index in [1.54, 1.807) is 0 Å². The Balaban J connectivity index is 1.61. The van der Waals surface area contributed by atoms with E-state index >= 15 is 0 Å². The van der Waals surface area contributed by atoms with Crippen molar-refractivity contribution < 1.29 is 0 Å². The van der Waals surface area contributed by atoms with E-state index in [4.69, 9.17) is 5.73 Å². The van der Waals surface area contributed by atoms with Gasteiger partial charge in [-0.05, 0) is 30.4 Å². The van der Waals surface area contributed by atoms with Crippen LogP contribution < -0.4 is 5.73 Å². The van der Waals surface area contributed by atoms with Gasteiger partial charge in [0.05, 0.1) is 0 Å². The lowest BCUT2D eigenvalue weighted by Gasteiger charge is -2.15. The number of rotatable bonds is 3. The molecule has 3 rings (SSSR count). The minimum absolute atomic E-state index is 0.690. The first-order valence-electron chi connectivity index (χ1n) is 5.35. The van der Waals surface area contributed by atoms with Gasteiger partial charge in [-0.15, -0.1) is 11.3 Å². The van der Waals surface area contributed by atoms with Gasteiger partial charge in [0.15, 0.2) is 0 Å². The molecular formula is C11H16N2S. The largest absolute Gasteiger partial charge is 0.326 e. The van der Waals surface area contributed by atoms with Crippen LogP contribution in [0.2, 0.25) is 0 Å². The van der Waals surface area contributed by atoms with Crippen molar-refractivity contribution in [2.45, 2.75) is 19.5 Å². The van der Waals surface area contributed by atoms with Gasteiger partial charge >= 0.3 is 0 Å². The van der Waals surface area contributed by atoms with Crippen molar-refractivity contribution in [3.63, 3.8) is 0 Å². The van der Waals surface area contributed by atoms with Crippen LogP contribution in [0.1, 0.15) is 16.2 Å². The van der Waals surface area contributed by atoms with Crippen LogP contribution in [0.3, 0.4) is 0 Å². The second-order valence-electron chi connectivity index (χ2n) is 4.52. The highest BCUT2D eigenvalue weighted by molar-refractivity contribution is 7.11. The molecule has 2 fully saturated rings. The van der Waals surface area contributed by atoms with E-state index in [-0.39, 0.29) is 0 Å². The van der Waals surface area contributed by atoms with E-state index in [0.29, 0.717) is 6.54 Å². The van der Waals surface area contributed by atoms with Crippen LogP contribution in [0.5, 0.6) is 0 Å². The highest BCUT2D eigenvalue weighted by Gasteiger charge is 2.44. The lowest BCUT2D eigenvalue weighted by Crippen LogP contribution is -2.21. The van der Waals surface area contributed by atoms with Crippen molar-refractivity contribution in [1.29, 1.82) is 0 Å². The van der Waals surface area contributed by atoms with E-state index in [1.807, 2.05) is 11.3 Å². The van der Waals surface area contributed by atoms with E-state index in [1.165, 1.54) is 29.3 Å². The molecule has 3 heteroatoms. The SMILES string of the molecule is NCc1ccc(CN2CC3CC3C2)s1. The summed E-state index contributed by atoms with van der Waals surface area (Å²) in [5, 5.41) is 0. The fraction of sp³-hybridized carbons (Fsp3) is 0.636. The second kappa shape index (κ2) is 3.33. The quantitative estimate of drug-likeness (QED) is 0.818. The molecule has 2 N–H and O–H groups in total. The fourth-order valence-corrected chi connectivity index (χ4v) is 3.40. The number of fused-ring (bicyclic) bond motifs is 1. The molecule has 1 aromatic rings. The Morgan fingerprint density at radius 2 is 2.00 bits per heavy atom. The predicted molar refractivity (Wildman–Crippen MR) is 59.1 cm³/mol. The van der Waals surface area contributed by atoms with Gasteiger partial charge in [0.25, 0.3) is 0 Å². The number of likely N-dealkylation sites (tertiary alicyclic amines) is 1. The number of nitrogens with two attached hydrogens (primary N) is 1. The molecule has 1 saturated carbocycles. The zero-order chi connectivity index (χ0) is 9.54. The third-order valence-corrected chi connectivity index (χ3v) is 4.44. The molecule has 1 aromatic heterocycles. The molecule has 2 unspecified atom stereocenters. The topological polar surface area (TPSA) is 29.3 Å². The van der Waals surface area contributed by atoms with E-state index < -0.39 is 0 Å². The average Bonchev–Trinajstić information content (AvgIpc) is 2.66. The fourth-order valence-electron chi connectivity index (χ4n) is 2.46. The zero-order valence-electron chi connectivity index (χ0n) is 8.28. The monoisotopic (exact) mass is 208 g/mol.